The van der Waals surface area contributed by atoms with Crippen LogP contribution in [0.25, 0.3) is 11.0 Å². The summed E-state index contributed by atoms with van der Waals surface area (Å²) in [7, 11) is 1.88. The molecule has 4 rings (SSSR count). The van der Waals surface area contributed by atoms with Crippen LogP contribution in [-0.2, 0) is 11.8 Å². The maximum absolute atomic E-state index is 13.1. The second-order valence-corrected chi connectivity index (χ2v) is 8.79. The first-order valence-electron chi connectivity index (χ1n) is 10.0. The molecule has 2 heterocycles. The summed E-state index contributed by atoms with van der Waals surface area (Å²) in [6.07, 6.45) is 5.09. The molecule has 0 unspecified atom stereocenters. The number of nitrogens with one attached hydrogen (secondary N) is 2. The van der Waals surface area contributed by atoms with Gasteiger partial charge in [0.15, 0.2) is 0 Å². The zero-order chi connectivity index (χ0) is 20.8. The van der Waals surface area contributed by atoms with Crippen molar-refractivity contribution in [1.29, 1.82) is 0 Å². The average Bonchev–Trinajstić information content (AvgIpc) is 3.32. The molecule has 1 aliphatic carbocycles. The summed E-state index contributed by atoms with van der Waals surface area (Å²) in [6.45, 7) is 8.32. The first kappa shape index (κ1) is 19.4. The van der Waals surface area contributed by atoms with Crippen molar-refractivity contribution in [1.82, 2.24) is 25.2 Å². The molecule has 3 aromatic rings. The lowest BCUT2D eigenvalue weighted by Gasteiger charge is -2.39. The van der Waals surface area contributed by atoms with Crippen molar-refractivity contribution in [2.75, 3.05) is 0 Å². The van der Waals surface area contributed by atoms with Gasteiger partial charge in [0.2, 0.25) is 5.91 Å². The van der Waals surface area contributed by atoms with Crippen LogP contribution in [0.4, 0.5) is 0 Å². The van der Waals surface area contributed by atoms with E-state index >= 15 is 0 Å². The summed E-state index contributed by atoms with van der Waals surface area (Å²) in [6, 6.07) is 8.04. The molecule has 0 saturated heterocycles. The number of aryl methyl sites for hydroxylation is 1. The summed E-state index contributed by atoms with van der Waals surface area (Å²) in [5.41, 5.74) is 5.84. The van der Waals surface area contributed by atoms with Gasteiger partial charge < -0.3 is 4.98 Å². The molecular weight excluding hydrogens is 364 g/mol. The van der Waals surface area contributed by atoms with Crippen LogP contribution in [0.1, 0.15) is 56.6 Å². The van der Waals surface area contributed by atoms with E-state index in [2.05, 4.69) is 34.5 Å². The number of carbonyl (C=O) groups excluding carboxylic acids is 1. The number of nitrogens with zero attached hydrogens (tertiary/aromatic N) is 4. The fourth-order valence-corrected chi connectivity index (χ4v) is 4.45. The summed E-state index contributed by atoms with van der Waals surface area (Å²) in [5, 5.41) is 8.39. The van der Waals surface area contributed by atoms with Crippen LogP contribution < -0.4 is 5.43 Å². The Morgan fingerprint density at radius 3 is 2.79 bits per heavy atom. The molecule has 0 aliphatic heterocycles. The lowest BCUT2D eigenvalue weighted by molar-refractivity contribution is -0.135. The average molecular weight is 393 g/mol. The van der Waals surface area contributed by atoms with E-state index in [-0.39, 0.29) is 17.2 Å². The Morgan fingerprint density at radius 1 is 1.34 bits per heavy atom. The van der Waals surface area contributed by atoms with Crippen molar-refractivity contribution >= 4 is 23.2 Å². The predicted molar refractivity (Wildman–Crippen MR) is 114 cm³/mol. The minimum atomic E-state index is -0.544. The van der Waals surface area contributed by atoms with Crippen molar-refractivity contribution in [2.45, 2.75) is 46.5 Å². The Hall–Kier alpha value is -2.96. The smallest absolute Gasteiger partial charge is 0.246 e. The van der Waals surface area contributed by atoms with E-state index in [1.54, 1.807) is 17.1 Å². The molecule has 0 spiro atoms. The van der Waals surface area contributed by atoms with Crippen LogP contribution >= 0.6 is 0 Å². The van der Waals surface area contributed by atoms with Crippen molar-refractivity contribution in [3.63, 3.8) is 0 Å². The number of hydrazone groups is 1. The summed E-state index contributed by atoms with van der Waals surface area (Å²) in [4.78, 5) is 21.4. The number of para-hydroxylation sites is 2. The highest BCUT2D eigenvalue weighted by Gasteiger charge is 2.57. The highest BCUT2D eigenvalue weighted by Crippen LogP contribution is 2.59. The minimum Gasteiger partial charge on any atom is -0.342 e. The Bertz CT molecular complexity index is 1060. The summed E-state index contributed by atoms with van der Waals surface area (Å²) < 4.78 is 1.78. The van der Waals surface area contributed by atoms with Gasteiger partial charge in [0.1, 0.15) is 5.82 Å². The van der Waals surface area contributed by atoms with Gasteiger partial charge in [0, 0.05) is 24.2 Å². The van der Waals surface area contributed by atoms with E-state index < -0.39 is 5.41 Å². The lowest BCUT2D eigenvalue weighted by atomic mass is 9.65. The number of hydrogen-bond acceptors (Lipinski definition) is 4. The topological polar surface area (TPSA) is 88.0 Å². The maximum atomic E-state index is 13.1. The first-order valence-corrected chi connectivity index (χ1v) is 10.0. The fourth-order valence-electron chi connectivity index (χ4n) is 4.45. The zero-order valence-corrected chi connectivity index (χ0v) is 17.7. The first-order chi connectivity index (χ1) is 13.7. The number of aromatic amines is 1. The Morgan fingerprint density at radius 2 is 2.10 bits per heavy atom. The van der Waals surface area contributed by atoms with Crippen molar-refractivity contribution in [3.8, 4) is 0 Å². The third kappa shape index (κ3) is 3.05. The molecule has 2 N–H and O–H groups in total. The van der Waals surface area contributed by atoms with E-state index in [4.69, 9.17) is 4.98 Å². The number of aromatic nitrogens is 4. The predicted octanol–water partition coefficient (Wildman–Crippen LogP) is 3.67. The van der Waals surface area contributed by atoms with Gasteiger partial charge in [-0.25, -0.2) is 10.4 Å². The quantitative estimate of drug-likeness (QED) is 0.525. The third-order valence-corrected chi connectivity index (χ3v) is 7.11. The second kappa shape index (κ2) is 6.83. The normalized spacial score (nSPS) is 23.8. The molecule has 1 fully saturated rings. The van der Waals surface area contributed by atoms with E-state index in [9.17, 15) is 4.79 Å². The van der Waals surface area contributed by atoms with Gasteiger partial charge in [-0.05, 0) is 37.3 Å². The number of carbonyl (C=O) groups is 1. The zero-order valence-electron chi connectivity index (χ0n) is 17.7. The fraction of sp³-hybridized carbons (Fsp3) is 0.455. The van der Waals surface area contributed by atoms with Crippen LogP contribution in [0.5, 0.6) is 0 Å². The van der Waals surface area contributed by atoms with Gasteiger partial charge >= 0.3 is 0 Å². The molecular formula is C22H28N6O. The highest BCUT2D eigenvalue weighted by molar-refractivity contribution is 5.86. The Labute approximate surface area is 170 Å². The molecule has 2 atom stereocenters. The number of rotatable bonds is 4. The number of hydrogen-bond donors (Lipinski definition) is 2. The number of fused-ring (bicyclic) bond motifs is 1. The minimum absolute atomic E-state index is 0.0566. The van der Waals surface area contributed by atoms with Gasteiger partial charge in [-0.2, -0.15) is 10.2 Å². The van der Waals surface area contributed by atoms with Gasteiger partial charge in [-0.3, -0.25) is 9.48 Å². The Kier molecular flexibility index (Phi) is 4.56. The van der Waals surface area contributed by atoms with E-state index in [0.717, 1.165) is 41.0 Å². The Balaban J connectivity index is 1.54. The molecule has 29 heavy (non-hydrogen) atoms. The monoisotopic (exact) mass is 392 g/mol. The van der Waals surface area contributed by atoms with Crippen LogP contribution in [0, 0.1) is 17.8 Å². The SMILES string of the molecule is Cc1c(/C=N\NC(=O)[C@]2(C)CC[C@H](c3nc4ccccc4[nH]3)C2(C)C)cnn1C. The van der Waals surface area contributed by atoms with Gasteiger partial charge in [0.05, 0.1) is 28.9 Å². The second-order valence-electron chi connectivity index (χ2n) is 8.79. The van der Waals surface area contributed by atoms with Crippen molar-refractivity contribution in [3.05, 3.63) is 47.5 Å². The number of amides is 1. The molecule has 2 aromatic heterocycles. The van der Waals surface area contributed by atoms with Crippen molar-refractivity contribution < 1.29 is 4.79 Å². The number of imidazole rings is 1. The highest BCUT2D eigenvalue weighted by atomic mass is 16.2. The number of benzene rings is 1. The van der Waals surface area contributed by atoms with Gasteiger partial charge in [0.25, 0.3) is 0 Å². The molecule has 0 bridgehead atoms. The molecule has 0 radical (unpaired) electrons. The molecule has 1 aromatic carbocycles. The standard InChI is InChI=1S/C22H28N6O/c1-14-15(13-24-28(14)5)12-23-27-20(29)22(4)11-10-16(21(22,2)3)19-25-17-8-6-7-9-18(17)26-19/h6-9,12-13,16H,10-11H2,1-5H3,(H,25,26)(H,27,29)/b23-12-/t16-,22+/m1/s1. The largest absolute Gasteiger partial charge is 0.342 e. The third-order valence-electron chi connectivity index (χ3n) is 7.11. The summed E-state index contributed by atoms with van der Waals surface area (Å²) >= 11 is 0. The van der Waals surface area contributed by atoms with Crippen LogP contribution in [0.2, 0.25) is 0 Å². The molecule has 1 amide bonds. The maximum Gasteiger partial charge on any atom is 0.246 e. The molecule has 7 nitrogen and oxygen atoms in total. The molecule has 1 saturated carbocycles. The van der Waals surface area contributed by atoms with E-state index in [1.807, 2.05) is 45.2 Å². The van der Waals surface area contributed by atoms with Crippen LogP contribution in [-0.4, -0.2) is 31.9 Å². The van der Waals surface area contributed by atoms with Crippen molar-refractivity contribution in [2.24, 2.45) is 23.0 Å². The van der Waals surface area contributed by atoms with Crippen LogP contribution in [0.15, 0.2) is 35.6 Å². The van der Waals surface area contributed by atoms with Gasteiger partial charge in [-0.15, -0.1) is 0 Å². The lowest BCUT2D eigenvalue weighted by Crippen LogP contribution is -2.45. The molecule has 7 heteroatoms. The molecule has 1 aliphatic rings. The van der Waals surface area contributed by atoms with E-state index in [0.29, 0.717) is 0 Å². The molecule has 152 valence electrons. The van der Waals surface area contributed by atoms with E-state index in [1.165, 1.54) is 0 Å². The van der Waals surface area contributed by atoms with Gasteiger partial charge in [-0.1, -0.05) is 32.9 Å². The summed E-state index contributed by atoms with van der Waals surface area (Å²) in [5.74, 6) is 1.08. The van der Waals surface area contributed by atoms with Crippen LogP contribution in [0.3, 0.4) is 0 Å². The number of H-pyrrole nitrogens is 1.